The summed E-state index contributed by atoms with van der Waals surface area (Å²) in [7, 11) is 1.59. The molecule has 1 aromatic heterocycles. The minimum absolute atomic E-state index is 0.245. The molecule has 1 atom stereocenters. The van der Waals surface area contributed by atoms with Gasteiger partial charge in [0.1, 0.15) is 5.82 Å². The van der Waals surface area contributed by atoms with Crippen molar-refractivity contribution in [1.29, 1.82) is 0 Å². The molecular weight excluding hydrogens is 386 g/mol. The van der Waals surface area contributed by atoms with Crippen LogP contribution in [-0.2, 0) is 10.5 Å². The molecule has 0 spiro atoms. The predicted molar refractivity (Wildman–Crippen MR) is 120 cm³/mol. The van der Waals surface area contributed by atoms with Crippen LogP contribution in [0.2, 0.25) is 0 Å². The molecule has 2 amide bonds. The molecule has 29 heavy (non-hydrogen) atoms. The van der Waals surface area contributed by atoms with E-state index in [0.29, 0.717) is 24.3 Å². The number of urea groups is 1. The summed E-state index contributed by atoms with van der Waals surface area (Å²) in [5.41, 5.74) is 2.67. The van der Waals surface area contributed by atoms with E-state index >= 15 is 0 Å². The van der Waals surface area contributed by atoms with Crippen LogP contribution in [-0.4, -0.2) is 54.1 Å². The molecule has 0 aliphatic carbocycles. The van der Waals surface area contributed by atoms with E-state index in [4.69, 9.17) is 14.7 Å². The number of morpholine rings is 1. The lowest BCUT2D eigenvalue weighted by atomic mass is 10.2. The van der Waals surface area contributed by atoms with E-state index in [1.54, 1.807) is 7.05 Å². The molecule has 0 bridgehead atoms. The zero-order chi connectivity index (χ0) is 20.8. The molecule has 3 rings (SSSR count). The lowest BCUT2D eigenvalue weighted by Crippen LogP contribution is -2.44. The maximum Gasteiger partial charge on any atom is 0.318 e. The van der Waals surface area contributed by atoms with Crippen LogP contribution >= 0.6 is 11.8 Å². The van der Waals surface area contributed by atoms with Gasteiger partial charge in [0, 0.05) is 36.7 Å². The number of nitrogens with zero attached hydrogens (tertiary/aromatic N) is 3. The quantitative estimate of drug-likeness (QED) is 0.748. The fourth-order valence-electron chi connectivity index (χ4n) is 3.05. The minimum Gasteiger partial charge on any atom is -0.377 e. The van der Waals surface area contributed by atoms with Gasteiger partial charge in [0.15, 0.2) is 5.82 Å². The van der Waals surface area contributed by atoms with Crippen LogP contribution in [0.5, 0.6) is 0 Å². The van der Waals surface area contributed by atoms with Crippen LogP contribution in [0, 0.1) is 0 Å². The molecule has 2 heterocycles. The normalized spacial score (nSPS) is 16.7. The number of rotatable bonds is 6. The Kier molecular flexibility index (Phi) is 7.33. The van der Waals surface area contributed by atoms with Gasteiger partial charge in [-0.1, -0.05) is 13.8 Å². The van der Waals surface area contributed by atoms with E-state index in [0.717, 1.165) is 35.1 Å². The Balaban J connectivity index is 1.90. The Morgan fingerprint density at radius 2 is 2.07 bits per heavy atom. The second kappa shape index (κ2) is 9.93. The maximum atomic E-state index is 11.5. The summed E-state index contributed by atoms with van der Waals surface area (Å²) in [6.45, 7) is 8.77. The van der Waals surface area contributed by atoms with Gasteiger partial charge in [-0.3, -0.25) is 0 Å². The lowest BCUT2D eigenvalue weighted by molar-refractivity contribution is 0.0985. The number of amides is 2. The third kappa shape index (κ3) is 5.83. The Morgan fingerprint density at radius 3 is 2.72 bits per heavy atom. The first kappa shape index (κ1) is 21.4. The van der Waals surface area contributed by atoms with Gasteiger partial charge in [-0.2, -0.15) is 11.8 Å². The number of benzene rings is 1. The molecule has 1 saturated heterocycles. The summed E-state index contributed by atoms with van der Waals surface area (Å²) in [5.74, 6) is 2.49. The van der Waals surface area contributed by atoms with E-state index in [1.165, 1.54) is 0 Å². The SMILES string of the molecule is CNC(=O)Nc1ccc(-c2nc(CSC(C)C)cc(N3CCOC[C@H]3C)n2)cc1. The van der Waals surface area contributed by atoms with Crippen LogP contribution in [0.15, 0.2) is 30.3 Å². The molecule has 2 N–H and O–H groups in total. The summed E-state index contributed by atoms with van der Waals surface area (Å²) < 4.78 is 5.58. The highest BCUT2D eigenvalue weighted by atomic mass is 32.2. The number of hydrogen-bond donors (Lipinski definition) is 2. The van der Waals surface area contributed by atoms with Crippen molar-refractivity contribution in [3.8, 4) is 11.4 Å². The molecule has 0 radical (unpaired) electrons. The third-order valence-corrected chi connectivity index (χ3v) is 5.75. The number of carbonyl (C=O) groups is 1. The Morgan fingerprint density at radius 1 is 1.31 bits per heavy atom. The summed E-state index contributed by atoms with van der Waals surface area (Å²) in [6.07, 6.45) is 0. The summed E-state index contributed by atoms with van der Waals surface area (Å²) in [6, 6.07) is 9.73. The van der Waals surface area contributed by atoms with Crippen molar-refractivity contribution in [3.63, 3.8) is 0 Å². The van der Waals surface area contributed by atoms with Gasteiger partial charge in [0.2, 0.25) is 0 Å². The third-order valence-electron chi connectivity index (χ3n) is 4.62. The highest BCUT2D eigenvalue weighted by Gasteiger charge is 2.22. The van der Waals surface area contributed by atoms with Crippen molar-refractivity contribution in [3.05, 3.63) is 36.0 Å². The van der Waals surface area contributed by atoms with Crippen LogP contribution in [0.3, 0.4) is 0 Å². The molecule has 1 aromatic carbocycles. The first-order valence-corrected chi connectivity index (χ1v) is 10.9. The minimum atomic E-state index is -0.245. The average Bonchev–Trinajstić information content (AvgIpc) is 2.73. The molecule has 156 valence electrons. The number of hydrogen-bond acceptors (Lipinski definition) is 6. The largest absolute Gasteiger partial charge is 0.377 e. The van der Waals surface area contributed by atoms with Gasteiger partial charge >= 0.3 is 6.03 Å². The number of thioether (sulfide) groups is 1. The molecule has 7 nitrogen and oxygen atoms in total. The summed E-state index contributed by atoms with van der Waals surface area (Å²) in [4.78, 5) is 23.5. The van der Waals surface area contributed by atoms with Gasteiger partial charge in [0.25, 0.3) is 0 Å². The maximum absolute atomic E-state index is 11.5. The standard InChI is InChI=1S/C21H29N5O2S/c1-14(2)29-13-18-11-19(26-9-10-28-12-15(26)3)25-20(23-18)16-5-7-17(8-6-16)24-21(27)22-4/h5-8,11,14-15H,9-10,12-13H2,1-4H3,(H2,22,24,27)/t15-/m1/s1. The molecule has 8 heteroatoms. The topological polar surface area (TPSA) is 79.4 Å². The summed E-state index contributed by atoms with van der Waals surface area (Å²) >= 11 is 1.87. The van der Waals surface area contributed by atoms with Gasteiger partial charge < -0.3 is 20.3 Å². The monoisotopic (exact) mass is 415 g/mol. The first-order valence-electron chi connectivity index (χ1n) is 9.89. The fourth-order valence-corrected chi connectivity index (χ4v) is 3.70. The van der Waals surface area contributed by atoms with Crippen LogP contribution < -0.4 is 15.5 Å². The number of anilines is 2. The van der Waals surface area contributed by atoms with Crippen molar-refractivity contribution < 1.29 is 9.53 Å². The van der Waals surface area contributed by atoms with Crippen molar-refractivity contribution in [2.24, 2.45) is 0 Å². The number of carbonyl (C=O) groups excluding carboxylic acids is 1. The smallest absolute Gasteiger partial charge is 0.318 e. The van der Waals surface area contributed by atoms with E-state index in [-0.39, 0.29) is 12.1 Å². The van der Waals surface area contributed by atoms with Gasteiger partial charge in [-0.05, 0) is 36.4 Å². The molecule has 1 fully saturated rings. The zero-order valence-electron chi connectivity index (χ0n) is 17.4. The van der Waals surface area contributed by atoms with Crippen molar-refractivity contribution in [2.75, 3.05) is 37.0 Å². The van der Waals surface area contributed by atoms with E-state index in [2.05, 4.69) is 42.4 Å². The molecule has 1 aliphatic heterocycles. The van der Waals surface area contributed by atoms with Crippen LogP contribution in [0.1, 0.15) is 26.5 Å². The van der Waals surface area contributed by atoms with Crippen LogP contribution in [0.4, 0.5) is 16.3 Å². The second-order valence-electron chi connectivity index (χ2n) is 7.30. The number of ether oxygens (including phenoxy) is 1. The van der Waals surface area contributed by atoms with Gasteiger partial charge in [-0.25, -0.2) is 14.8 Å². The molecular formula is C21H29N5O2S. The Bertz CT molecular complexity index is 828. The molecule has 2 aromatic rings. The van der Waals surface area contributed by atoms with E-state index in [9.17, 15) is 4.79 Å². The lowest BCUT2D eigenvalue weighted by Gasteiger charge is -2.34. The van der Waals surface area contributed by atoms with Crippen molar-refractivity contribution in [1.82, 2.24) is 15.3 Å². The van der Waals surface area contributed by atoms with Gasteiger partial charge in [0.05, 0.1) is 24.9 Å². The zero-order valence-corrected chi connectivity index (χ0v) is 18.3. The highest BCUT2D eigenvalue weighted by Crippen LogP contribution is 2.26. The van der Waals surface area contributed by atoms with Gasteiger partial charge in [-0.15, -0.1) is 0 Å². The van der Waals surface area contributed by atoms with E-state index in [1.807, 2.05) is 36.0 Å². The van der Waals surface area contributed by atoms with Crippen molar-refractivity contribution in [2.45, 2.75) is 37.8 Å². The predicted octanol–water partition coefficient (Wildman–Crippen LogP) is 3.76. The number of aromatic nitrogens is 2. The number of nitrogens with one attached hydrogen (secondary N) is 2. The van der Waals surface area contributed by atoms with Crippen LogP contribution in [0.25, 0.3) is 11.4 Å². The summed E-state index contributed by atoms with van der Waals surface area (Å²) in [5, 5.41) is 5.85. The first-order chi connectivity index (χ1) is 14.0. The Labute approximate surface area is 176 Å². The van der Waals surface area contributed by atoms with Crippen molar-refractivity contribution >= 4 is 29.3 Å². The highest BCUT2D eigenvalue weighted by molar-refractivity contribution is 7.99. The molecule has 1 aliphatic rings. The average molecular weight is 416 g/mol. The fraction of sp³-hybridized carbons (Fsp3) is 0.476. The molecule has 0 unspecified atom stereocenters. The Hall–Kier alpha value is -2.32. The molecule has 0 saturated carbocycles. The second-order valence-corrected chi connectivity index (χ2v) is 8.86. The van der Waals surface area contributed by atoms with E-state index < -0.39 is 0 Å².